The number of hydrogen-bond donors (Lipinski definition) is 2. The summed E-state index contributed by atoms with van der Waals surface area (Å²) in [6.07, 6.45) is 0. The largest absolute Gasteiger partial charge is 0.388 e. The van der Waals surface area contributed by atoms with Gasteiger partial charge in [-0.15, -0.1) is 0 Å². The smallest absolute Gasteiger partial charge is 0.0341 e. The first kappa shape index (κ1) is 11.1. The second kappa shape index (κ2) is 5.01. The molecule has 0 aliphatic rings. The molecule has 0 heterocycles. The van der Waals surface area contributed by atoms with Crippen LogP contribution < -0.4 is 10.6 Å². The number of benzene rings is 1. The van der Waals surface area contributed by atoms with Gasteiger partial charge in [0.1, 0.15) is 0 Å². The van der Waals surface area contributed by atoms with E-state index < -0.39 is 0 Å². The molecule has 78 valence electrons. The van der Waals surface area contributed by atoms with Crippen LogP contribution in [0.15, 0.2) is 24.3 Å². The Morgan fingerprint density at radius 1 is 1.14 bits per heavy atom. The maximum atomic E-state index is 3.34. The average molecular weight is 192 g/mol. The summed E-state index contributed by atoms with van der Waals surface area (Å²) in [7, 11) is 3.96. The van der Waals surface area contributed by atoms with Crippen molar-refractivity contribution < 1.29 is 0 Å². The first-order valence-corrected chi connectivity index (χ1v) is 5.14. The molecular weight excluding hydrogens is 172 g/mol. The second-order valence-electron chi connectivity index (χ2n) is 3.89. The molecule has 1 rings (SSSR count). The van der Waals surface area contributed by atoms with E-state index >= 15 is 0 Å². The summed E-state index contributed by atoms with van der Waals surface area (Å²) in [4.78, 5) is 0. The maximum absolute atomic E-state index is 3.34. The summed E-state index contributed by atoms with van der Waals surface area (Å²) in [6, 6.07) is 8.97. The first-order chi connectivity index (χ1) is 6.69. The molecule has 0 amide bonds. The van der Waals surface area contributed by atoms with Crippen LogP contribution in [0.1, 0.15) is 25.5 Å². The van der Waals surface area contributed by atoms with E-state index in [4.69, 9.17) is 0 Å². The molecule has 2 nitrogen and oxygen atoms in total. The highest BCUT2D eigenvalue weighted by Gasteiger charge is 2.12. The summed E-state index contributed by atoms with van der Waals surface area (Å²) in [6.45, 7) is 4.46. The molecule has 2 heteroatoms. The Hall–Kier alpha value is -1.02. The zero-order valence-electron chi connectivity index (χ0n) is 9.46. The van der Waals surface area contributed by atoms with Gasteiger partial charge in [-0.25, -0.2) is 0 Å². The lowest BCUT2D eigenvalue weighted by molar-refractivity contribution is 0.443. The van der Waals surface area contributed by atoms with Crippen LogP contribution >= 0.6 is 0 Å². The monoisotopic (exact) mass is 192 g/mol. The summed E-state index contributed by atoms with van der Waals surface area (Å²) in [5.41, 5.74) is 2.51. The number of hydrogen-bond acceptors (Lipinski definition) is 2. The summed E-state index contributed by atoms with van der Waals surface area (Å²) in [5, 5.41) is 6.50. The van der Waals surface area contributed by atoms with Crippen molar-refractivity contribution in [3.8, 4) is 0 Å². The molecule has 0 aliphatic carbocycles. The van der Waals surface area contributed by atoms with Crippen molar-refractivity contribution in [1.82, 2.24) is 5.32 Å². The van der Waals surface area contributed by atoms with Crippen molar-refractivity contribution in [2.45, 2.75) is 19.9 Å². The van der Waals surface area contributed by atoms with Gasteiger partial charge in [0.05, 0.1) is 0 Å². The molecule has 14 heavy (non-hydrogen) atoms. The average Bonchev–Trinajstić information content (AvgIpc) is 2.19. The Morgan fingerprint density at radius 2 is 1.86 bits per heavy atom. The standard InChI is InChI=1S/C12H20N2/c1-9(2)12(14-4)10-6-5-7-11(8-10)13-3/h5-9,12-14H,1-4H3. The van der Waals surface area contributed by atoms with E-state index in [-0.39, 0.29) is 0 Å². The molecule has 0 aliphatic heterocycles. The molecular formula is C12H20N2. The molecule has 0 radical (unpaired) electrons. The van der Waals surface area contributed by atoms with Gasteiger partial charge < -0.3 is 10.6 Å². The van der Waals surface area contributed by atoms with E-state index in [9.17, 15) is 0 Å². The molecule has 0 bridgehead atoms. The van der Waals surface area contributed by atoms with Gasteiger partial charge in [-0.05, 0) is 30.7 Å². The molecule has 0 aromatic heterocycles. The highest BCUT2D eigenvalue weighted by molar-refractivity contribution is 5.45. The highest BCUT2D eigenvalue weighted by Crippen LogP contribution is 2.23. The van der Waals surface area contributed by atoms with Gasteiger partial charge in [-0.2, -0.15) is 0 Å². The fourth-order valence-electron chi connectivity index (χ4n) is 1.77. The fraction of sp³-hybridized carbons (Fsp3) is 0.500. The van der Waals surface area contributed by atoms with E-state index in [2.05, 4.69) is 48.7 Å². The lowest BCUT2D eigenvalue weighted by Gasteiger charge is -2.21. The van der Waals surface area contributed by atoms with Crippen molar-refractivity contribution in [3.63, 3.8) is 0 Å². The van der Waals surface area contributed by atoms with Crippen LogP contribution in [0.2, 0.25) is 0 Å². The Kier molecular flexibility index (Phi) is 3.96. The predicted octanol–water partition coefficient (Wildman–Crippen LogP) is 2.64. The molecule has 0 saturated carbocycles. The molecule has 2 N–H and O–H groups in total. The molecule has 0 saturated heterocycles. The number of anilines is 1. The number of rotatable bonds is 4. The van der Waals surface area contributed by atoms with Gasteiger partial charge >= 0.3 is 0 Å². The van der Waals surface area contributed by atoms with Crippen molar-refractivity contribution in [2.75, 3.05) is 19.4 Å². The fourth-order valence-corrected chi connectivity index (χ4v) is 1.77. The summed E-state index contributed by atoms with van der Waals surface area (Å²) in [5.74, 6) is 0.604. The van der Waals surface area contributed by atoms with Crippen LogP contribution in [-0.4, -0.2) is 14.1 Å². The lowest BCUT2D eigenvalue weighted by Crippen LogP contribution is -2.21. The molecule has 0 spiro atoms. The Labute approximate surface area is 86.7 Å². The molecule has 0 fully saturated rings. The van der Waals surface area contributed by atoms with Gasteiger partial charge in [0, 0.05) is 18.8 Å². The molecule has 1 aromatic carbocycles. The van der Waals surface area contributed by atoms with E-state index in [1.165, 1.54) is 11.3 Å². The van der Waals surface area contributed by atoms with Crippen molar-refractivity contribution in [2.24, 2.45) is 5.92 Å². The Bertz CT molecular complexity index is 281. The van der Waals surface area contributed by atoms with Gasteiger partial charge in [-0.1, -0.05) is 26.0 Å². The van der Waals surface area contributed by atoms with E-state index in [0.29, 0.717) is 12.0 Å². The first-order valence-electron chi connectivity index (χ1n) is 5.14. The van der Waals surface area contributed by atoms with Crippen LogP contribution in [0.25, 0.3) is 0 Å². The molecule has 1 aromatic rings. The van der Waals surface area contributed by atoms with Gasteiger partial charge in [0.25, 0.3) is 0 Å². The molecule has 1 unspecified atom stereocenters. The van der Waals surface area contributed by atoms with Crippen molar-refractivity contribution in [1.29, 1.82) is 0 Å². The quantitative estimate of drug-likeness (QED) is 0.766. The zero-order valence-corrected chi connectivity index (χ0v) is 9.46. The van der Waals surface area contributed by atoms with Crippen LogP contribution in [-0.2, 0) is 0 Å². The third kappa shape index (κ3) is 2.48. The van der Waals surface area contributed by atoms with Crippen LogP contribution in [0.5, 0.6) is 0 Å². The van der Waals surface area contributed by atoms with Crippen LogP contribution in [0.4, 0.5) is 5.69 Å². The number of nitrogens with one attached hydrogen (secondary N) is 2. The van der Waals surface area contributed by atoms with E-state index in [1.54, 1.807) is 0 Å². The second-order valence-corrected chi connectivity index (χ2v) is 3.89. The van der Waals surface area contributed by atoms with E-state index in [0.717, 1.165) is 0 Å². The van der Waals surface area contributed by atoms with Gasteiger partial charge in [0.2, 0.25) is 0 Å². The zero-order chi connectivity index (χ0) is 10.6. The minimum absolute atomic E-state index is 0.434. The Morgan fingerprint density at radius 3 is 2.36 bits per heavy atom. The molecule has 1 atom stereocenters. The van der Waals surface area contributed by atoms with Crippen LogP contribution in [0, 0.1) is 5.92 Å². The topological polar surface area (TPSA) is 24.1 Å². The van der Waals surface area contributed by atoms with E-state index in [1.807, 2.05) is 14.1 Å². The Balaban J connectivity index is 2.92. The minimum Gasteiger partial charge on any atom is -0.388 e. The predicted molar refractivity (Wildman–Crippen MR) is 62.6 cm³/mol. The van der Waals surface area contributed by atoms with Gasteiger partial charge in [-0.3, -0.25) is 0 Å². The minimum atomic E-state index is 0.434. The van der Waals surface area contributed by atoms with Crippen molar-refractivity contribution >= 4 is 5.69 Å². The summed E-state index contributed by atoms with van der Waals surface area (Å²) >= 11 is 0. The SMILES string of the molecule is CNc1cccc(C(NC)C(C)C)c1. The highest BCUT2D eigenvalue weighted by atomic mass is 14.9. The normalized spacial score (nSPS) is 12.9. The third-order valence-electron chi connectivity index (χ3n) is 2.51. The third-order valence-corrected chi connectivity index (χ3v) is 2.51. The van der Waals surface area contributed by atoms with Crippen LogP contribution in [0.3, 0.4) is 0 Å². The summed E-state index contributed by atoms with van der Waals surface area (Å²) < 4.78 is 0. The van der Waals surface area contributed by atoms with Gasteiger partial charge in [0.15, 0.2) is 0 Å². The maximum Gasteiger partial charge on any atom is 0.0341 e. The van der Waals surface area contributed by atoms with Crippen molar-refractivity contribution in [3.05, 3.63) is 29.8 Å². The lowest BCUT2D eigenvalue weighted by atomic mass is 9.96.